The lowest BCUT2D eigenvalue weighted by Crippen LogP contribution is -2.20. The van der Waals surface area contributed by atoms with E-state index >= 15 is 0 Å². The minimum Gasteiger partial charge on any atom is -0.494 e. The number of benzene rings is 2. The van der Waals surface area contributed by atoms with Gasteiger partial charge in [0.1, 0.15) is 28.6 Å². The summed E-state index contributed by atoms with van der Waals surface area (Å²) >= 11 is 0. The number of aliphatic hydroxyl groups excluding tert-OH is 1. The van der Waals surface area contributed by atoms with Gasteiger partial charge in [0.2, 0.25) is 5.88 Å². The normalized spacial score (nSPS) is 12.4. The van der Waals surface area contributed by atoms with Gasteiger partial charge in [0.05, 0.1) is 49.7 Å². The van der Waals surface area contributed by atoms with Crippen LogP contribution < -0.4 is 14.2 Å². The van der Waals surface area contributed by atoms with Gasteiger partial charge in [0, 0.05) is 17.9 Å². The zero-order valence-electron chi connectivity index (χ0n) is 23.0. The molecule has 2 heterocycles. The fourth-order valence-corrected chi connectivity index (χ4v) is 6.63. The van der Waals surface area contributed by atoms with Crippen LogP contribution in [0, 0.1) is 11.3 Å². The molecule has 15 heteroatoms. The van der Waals surface area contributed by atoms with E-state index in [0.717, 1.165) is 12.3 Å². The lowest BCUT2D eigenvalue weighted by Gasteiger charge is -2.18. The number of para-hydroxylation sites is 1. The van der Waals surface area contributed by atoms with Crippen molar-refractivity contribution < 1.29 is 36.2 Å². The van der Waals surface area contributed by atoms with Crippen LogP contribution in [0.25, 0.3) is 17.2 Å². The standard InChI is InChI=1S/C27H27N5O8S2/c1-38-21-8-6-9-22(39-2)26(21)32-24(30-31-27(32)19-7-5-10-25(29-19)40-3)16-42(36,37)15-20(33)18-12-11-17(14-28)13-23(18)41(4,34)35/h5-13,20,33H,15-16H2,1-4H3/t20-/m1/s1. The van der Waals surface area contributed by atoms with Gasteiger partial charge in [-0.2, -0.15) is 5.26 Å². The lowest BCUT2D eigenvalue weighted by molar-refractivity contribution is 0.198. The fraction of sp³-hybridized carbons (Fsp3) is 0.259. The molecule has 0 aliphatic heterocycles. The van der Waals surface area contributed by atoms with E-state index < -0.39 is 37.3 Å². The van der Waals surface area contributed by atoms with Gasteiger partial charge in [-0.15, -0.1) is 10.2 Å². The van der Waals surface area contributed by atoms with E-state index in [9.17, 15) is 21.9 Å². The molecule has 220 valence electrons. The van der Waals surface area contributed by atoms with Crippen molar-refractivity contribution in [2.45, 2.75) is 16.8 Å². The van der Waals surface area contributed by atoms with Gasteiger partial charge >= 0.3 is 0 Å². The molecule has 0 radical (unpaired) electrons. The quantitative estimate of drug-likeness (QED) is 0.261. The van der Waals surface area contributed by atoms with E-state index in [4.69, 9.17) is 19.5 Å². The third-order valence-electron chi connectivity index (χ3n) is 6.18. The number of methoxy groups -OCH3 is 3. The van der Waals surface area contributed by atoms with Crippen LogP contribution in [0.5, 0.6) is 17.4 Å². The highest BCUT2D eigenvalue weighted by Gasteiger charge is 2.29. The van der Waals surface area contributed by atoms with Crippen LogP contribution >= 0.6 is 0 Å². The van der Waals surface area contributed by atoms with Gasteiger partial charge in [-0.1, -0.05) is 18.2 Å². The van der Waals surface area contributed by atoms with Crippen molar-refractivity contribution in [1.82, 2.24) is 19.7 Å². The average molecular weight is 614 g/mol. The van der Waals surface area contributed by atoms with Crippen LogP contribution in [0.15, 0.2) is 59.5 Å². The molecular weight excluding hydrogens is 586 g/mol. The second kappa shape index (κ2) is 12.1. The monoisotopic (exact) mass is 613 g/mol. The number of aliphatic hydroxyl groups is 1. The number of nitriles is 1. The van der Waals surface area contributed by atoms with E-state index in [1.165, 1.54) is 38.0 Å². The first kappa shape index (κ1) is 30.4. The summed E-state index contributed by atoms with van der Waals surface area (Å²) in [5.74, 6) is -0.492. The highest BCUT2D eigenvalue weighted by Crippen LogP contribution is 2.37. The highest BCUT2D eigenvalue weighted by molar-refractivity contribution is 7.91. The Balaban J connectivity index is 1.81. The summed E-state index contributed by atoms with van der Waals surface area (Å²) in [6.45, 7) is 0. The Morgan fingerprint density at radius 1 is 0.952 bits per heavy atom. The predicted molar refractivity (Wildman–Crippen MR) is 151 cm³/mol. The Bertz CT molecular complexity index is 1860. The summed E-state index contributed by atoms with van der Waals surface area (Å²) in [6.07, 6.45) is -0.810. The van der Waals surface area contributed by atoms with Crippen molar-refractivity contribution in [2.24, 2.45) is 0 Å². The highest BCUT2D eigenvalue weighted by atomic mass is 32.2. The largest absolute Gasteiger partial charge is 0.494 e. The third-order valence-corrected chi connectivity index (χ3v) is 8.85. The van der Waals surface area contributed by atoms with Crippen LogP contribution in [0.4, 0.5) is 0 Å². The van der Waals surface area contributed by atoms with E-state index in [1.54, 1.807) is 36.4 Å². The van der Waals surface area contributed by atoms with Crippen LogP contribution in [0.2, 0.25) is 0 Å². The first-order chi connectivity index (χ1) is 19.9. The van der Waals surface area contributed by atoms with E-state index in [2.05, 4.69) is 15.2 Å². The molecule has 0 bridgehead atoms. The first-order valence-electron chi connectivity index (χ1n) is 12.2. The molecule has 13 nitrogen and oxygen atoms in total. The molecule has 0 saturated carbocycles. The van der Waals surface area contributed by atoms with Crippen molar-refractivity contribution in [3.05, 3.63) is 71.5 Å². The molecule has 2 aromatic heterocycles. The molecular formula is C27H27N5O8S2. The molecule has 42 heavy (non-hydrogen) atoms. The minimum atomic E-state index is -4.17. The zero-order valence-corrected chi connectivity index (χ0v) is 24.7. The predicted octanol–water partition coefficient (Wildman–Crippen LogP) is 2.28. The van der Waals surface area contributed by atoms with Crippen LogP contribution in [0.1, 0.15) is 23.1 Å². The SMILES string of the molecule is COc1cccc(-c2nnc(CS(=O)(=O)C[C@@H](O)c3ccc(C#N)cc3S(C)(=O)=O)n2-c2c(OC)cccc2OC)n1. The number of rotatable bonds is 11. The first-order valence-corrected chi connectivity index (χ1v) is 15.9. The number of ether oxygens (including phenoxy) is 3. The summed E-state index contributed by atoms with van der Waals surface area (Å²) in [5, 5.41) is 28.4. The van der Waals surface area contributed by atoms with Gasteiger partial charge in [0.15, 0.2) is 31.3 Å². The summed E-state index contributed by atoms with van der Waals surface area (Å²) in [4.78, 5) is 4.07. The number of nitrogens with zero attached hydrogens (tertiary/aromatic N) is 5. The van der Waals surface area contributed by atoms with Crippen LogP contribution in [-0.2, 0) is 25.4 Å². The molecule has 0 unspecified atom stereocenters. The minimum absolute atomic E-state index is 0.0479. The molecule has 4 rings (SSSR count). The van der Waals surface area contributed by atoms with Crippen molar-refractivity contribution in [2.75, 3.05) is 33.3 Å². The summed E-state index contributed by atoms with van der Waals surface area (Å²) < 4.78 is 69.4. The summed E-state index contributed by atoms with van der Waals surface area (Å²) in [6, 6.07) is 15.4. The topological polar surface area (TPSA) is 184 Å². The number of aromatic nitrogens is 4. The summed E-state index contributed by atoms with van der Waals surface area (Å²) in [5.41, 5.74) is 0.527. The molecule has 1 N–H and O–H groups in total. The fourth-order valence-electron chi connectivity index (χ4n) is 4.30. The third kappa shape index (κ3) is 6.35. The molecule has 2 aromatic carbocycles. The van der Waals surface area contributed by atoms with Crippen molar-refractivity contribution in [3.8, 4) is 40.7 Å². The van der Waals surface area contributed by atoms with Crippen LogP contribution in [0.3, 0.4) is 0 Å². The van der Waals surface area contributed by atoms with E-state index in [-0.39, 0.29) is 33.6 Å². The maximum atomic E-state index is 13.5. The van der Waals surface area contributed by atoms with Crippen molar-refractivity contribution in [3.63, 3.8) is 0 Å². The van der Waals surface area contributed by atoms with Crippen molar-refractivity contribution >= 4 is 19.7 Å². The number of sulfone groups is 2. The Labute approximate surface area is 242 Å². The molecule has 1 atom stereocenters. The van der Waals surface area contributed by atoms with Crippen LogP contribution in [-0.4, -0.2) is 75.0 Å². The lowest BCUT2D eigenvalue weighted by atomic mass is 10.1. The van der Waals surface area contributed by atoms with Gasteiger partial charge in [-0.25, -0.2) is 21.8 Å². The van der Waals surface area contributed by atoms with Gasteiger partial charge in [0.25, 0.3) is 0 Å². The summed E-state index contributed by atoms with van der Waals surface area (Å²) in [7, 11) is -3.73. The Morgan fingerprint density at radius 2 is 1.62 bits per heavy atom. The zero-order chi connectivity index (χ0) is 30.7. The van der Waals surface area contributed by atoms with E-state index in [1.807, 2.05) is 6.07 Å². The Morgan fingerprint density at radius 3 is 2.21 bits per heavy atom. The molecule has 0 amide bonds. The maximum absolute atomic E-state index is 13.5. The maximum Gasteiger partial charge on any atom is 0.213 e. The average Bonchev–Trinajstić information content (AvgIpc) is 3.37. The van der Waals surface area contributed by atoms with Gasteiger partial charge in [-0.3, -0.25) is 4.57 Å². The van der Waals surface area contributed by atoms with Crippen molar-refractivity contribution in [1.29, 1.82) is 5.26 Å². The molecule has 4 aromatic rings. The van der Waals surface area contributed by atoms with Gasteiger partial charge in [-0.05, 0) is 30.3 Å². The van der Waals surface area contributed by atoms with E-state index in [0.29, 0.717) is 22.9 Å². The molecule has 0 saturated heterocycles. The molecule has 0 spiro atoms. The number of hydrogen-bond donors (Lipinski definition) is 1. The number of pyridine rings is 1. The van der Waals surface area contributed by atoms with Gasteiger partial charge < -0.3 is 19.3 Å². The Hall–Kier alpha value is -4.52. The Kier molecular flexibility index (Phi) is 8.81. The second-order valence-electron chi connectivity index (χ2n) is 9.06. The molecule has 0 fully saturated rings. The smallest absolute Gasteiger partial charge is 0.213 e. The molecule has 0 aliphatic rings. The molecule has 0 aliphatic carbocycles. The number of hydrogen-bond acceptors (Lipinski definition) is 12. The second-order valence-corrected chi connectivity index (χ2v) is 13.2.